The number of thiophene rings is 1. The van der Waals surface area contributed by atoms with E-state index in [4.69, 9.17) is 17.3 Å². The van der Waals surface area contributed by atoms with Gasteiger partial charge in [0.05, 0.1) is 5.02 Å². The molecule has 1 aromatic carbocycles. The number of nitrogens with two attached hydrogens (primary N) is 1. The minimum absolute atomic E-state index is 0.153. The third-order valence-electron chi connectivity index (χ3n) is 2.87. The lowest BCUT2D eigenvalue weighted by Crippen LogP contribution is -2.12. The van der Waals surface area contributed by atoms with Gasteiger partial charge in [-0.05, 0) is 36.6 Å². The Hall–Kier alpha value is -0.900. The Labute approximate surface area is 115 Å². The fraction of sp³-hybridized carbons (Fsp3) is 0.286. The highest BCUT2D eigenvalue weighted by molar-refractivity contribution is 7.12. The Bertz CT molecular complexity index is 538. The van der Waals surface area contributed by atoms with Crippen LogP contribution in [0.2, 0.25) is 5.02 Å². The Morgan fingerprint density at radius 3 is 2.78 bits per heavy atom. The van der Waals surface area contributed by atoms with Gasteiger partial charge in [-0.25, -0.2) is 4.39 Å². The molecule has 2 aromatic rings. The summed E-state index contributed by atoms with van der Waals surface area (Å²) in [5.41, 5.74) is 6.69. The summed E-state index contributed by atoms with van der Waals surface area (Å²) in [5, 5.41) is 0.153. The SMILES string of the molecule is CCc1ccc(C(N)Cc2cccc(Cl)c2F)s1. The van der Waals surface area contributed by atoms with Crippen molar-refractivity contribution in [3.63, 3.8) is 0 Å². The van der Waals surface area contributed by atoms with Gasteiger partial charge in [0.2, 0.25) is 0 Å². The molecule has 96 valence electrons. The van der Waals surface area contributed by atoms with E-state index in [1.807, 2.05) is 6.07 Å². The van der Waals surface area contributed by atoms with Crippen LogP contribution in [0.15, 0.2) is 30.3 Å². The minimum atomic E-state index is -0.359. The van der Waals surface area contributed by atoms with E-state index in [1.54, 1.807) is 29.5 Å². The first-order chi connectivity index (χ1) is 8.61. The molecule has 0 aliphatic heterocycles. The number of aryl methyl sites for hydroxylation is 1. The molecular weight excluding hydrogens is 269 g/mol. The number of rotatable bonds is 4. The highest BCUT2D eigenvalue weighted by Crippen LogP contribution is 2.27. The molecule has 0 saturated heterocycles. The van der Waals surface area contributed by atoms with Crippen LogP contribution in [0.1, 0.15) is 28.3 Å². The van der Waals surface area contributed by atoms with Gasteiger partial charge in [0.15, 0.2) is 0 Å². The fourth-order valence-electron chi connectivity index (χ4n) is 1.83. The first-order valence-electron chi connectivity index (χ1n) is 5.89. The van der Waals surface area contributed by atoms with E-state index in [0.717, 1.165) is 11.3 Å². The van der Waals surface area contributed by atoms with Crippen LogP contribution in [0.4, 0.5) is 4.39 Å². The quantitative estimate of drug-likeness (QED) is 0.887. The van der Waals surface area contributed by atoms with Crippen LogP contribution in [0, 0.1) is 5.82 Å². The summed E-state index contributed by atoms with van der Waals surface area (Å²) in [5.74, 6) is -0.359. The molecule has 18 heavy (non-hydrogen) atoms. The van der Waals surface area contributed by atoms with E-state index in [0.29, 0.717) is 12.0 Å². The zero-order chi connectivity index (χ0) is 13.1. The zero-order valence-electron chi connectivity index (χ0n) is 10.1. The second kappa shape index (κ2) is 5.83. The van der Waals surface area contributed by atoms with E-state index in [1.165, 1.54) is 4.88 Å². The predicted molar refractivity (Wildman–Crippen MR) is 75.7 cm³/mol. The van der Waals surface area contributed by atoms with Gasteiger partial charge in [-0.2, -0.15) is 0 Å². The average Bonchev–Trinajstić information content (AvgIpc) is 2.83. The topological polar surface area (TPSA) is 26.0 Å². The number of benzene rings is 1. The van der Waals surface area contributed by atoms with E-state index in [9.17, 15) is 4.39 Å². The molecule has 1 aromatic heterocycles. The normalized spacial score (nSPS) is 12.7. The first kappa shape index (κ1) is 13.5. The summed E-state index contributed by atoms with van der Waals surface area (Å²) >= 11 is 7.45. The molecule has 1 nitrogen and oxygen atoms in total. The smallest absolute Gasteiger partial charge is 0.145 e. The lowest BCUT2D eigenvalue weighted by atomic mass is 10.0. The Kier molecular flexibility index (Phi) is 4.38. The van der Waals surface area contributed by atoms with Crippen LogP contribution in [-0.2, 0) is 12.8 Å². The van der Waals surface area contributed by atoms with Crippen molar-refractivity contribution in [2.24, 2.45) is 5.73 Å². The zero-order valence-corrected chi connectivity index (χ0v) is 11.7. The van der Waals surface area contributed by atoms with Gasteiger partial charge in [0.1, 0.15) is 5.82 Å². The Morgan fingerprint density at radius 1 is 1.33 bits per heavy atom. The predicted octanol–water partition coefficient (Wildman–Crippen LogP) is 4.35. The molecule has 1 heterocycles. The maximum Gasteiger partial charge on any atom is 0.145 e. The Morgan fingerprint density at radius 2 is 2.11 bits per heavy atom. The van der Waals surface area contributed by atoms with Crippen molar-refractivity contribution < 1.29 is 4.39 Å². The summed E-state index contributed by atoms with van der Waals surface area (Å²) in [6.45, 7) is 2.11. The summed E-state index contributed by atoms with van der Waals surface area (Å²) in [6, 6.07) is 8.95. The van der Waals surface area contributed by atoms with Crippen LogP contribution >= 0.6 is 22.9 Å². The van der Waals surface area contributed by atoms with Crippen molar-refractivity contribution in [1.82, 2.24) is 0 Å². The molecule has 4 heteroatoms. The van der Waals surface area contributed by atoms with Crippen LogP contribution in [0.3, 0.4) is 0 Å². The van der Waals surface area contributed by atoms with Crippen molar-refractivity contribution in [2.45, 2.75) is 25.8 Å². The monoisotopic (exact) mass is 283 g/mol. The lowest BCUT2D eigenvalue weighted by molar-refractivity contribution is 0.595. The number of halogens is 2. The van der Waals surface area contributed by atoms with Gasteiger partial charge in [-0.15, -0.1) is 11.3 Å². The van der Waals surface area contributed by atoms with E-state index in [2.05, 4.69) is 13.0 Å². The molecular formula is C14H15ClFNS. The molecule has 0 fully saturated rings. The highest BCUT2D eigenvalue weighted by Gasteiger charge is 2.13. The summed E-state index contributed by atoms with van der Waals surface area (Å²) in [6.07, 6.45) is 1.47. The van der Waals surface area contributed by atoms with Gasteiger partial charge in [0, 0.05) is 15.8 Å². The van der Waals surface area contributed by atoms with Gasteiger partial charge >= 0.3 is 0 Å². The lowest BCUT2D eigenvalue weighted by Gasteiger charge is -2.11. The number of hydrogen-bond acceptors (Lipinski definition) is 2. The molecule has 0 amide bonds. The molecule has 1 atom stereocenters. The molecule has 1 unspecified atom stereocenters. The van der Waals surface area contributed by atoms with Crippen LogP contribution < -0.4 is 5.73 Å². The molecule has 0 bridgehead atoms. The minimum Gasteiger partial charge on any atom is -0.323 e. The van der Waals surface area contributed by atoms with Crippen molar-refractivity contribution in [3.05, 3.63) is 56.5 Å². The van der Waals surface area contributed by atoms with Crippen LogP contribution in [0.5, 0.6) is 0 Å². The molecule has 0 aliphatic carbocycles. The van der Waals surface area contributed by atoms with E-state index < -0.39 is 0 Å². The summed E-state index contributed by atoms with van der Waals surface area (Å²) in [4.78, 5) is 2.39. The summed E-state index contributed by atoms with van der Waals surface area (Å²) < 4.78 is 13.8. The summed E-state index contributed by atoms with van der Waals surface area (Å²) in [7, 11) is 0. The highest BCUT2D eigenvalue weighted by atomic mass is 35.5. The van der Waals surface area contributed by atoms with Gasteiger partial charge < -0.3 is 5.73 Å². The third kappa shape index (κ3) is 2.91. The van der Waals surface area contributed by atoms with Crippen molar-refractivity contribution in [1.29, 1.82) is 0 Å². The van der Waals surface area contributed by atoms with E-state index in [-0.39, 0.29) is 16.9 Å². The van der Waals surface area contributed by atoms with E-state index >= 15 is 0 Å². The molecule has 2 rings (SSSR count). The molecule has 0 saturated carbocycles. The standard InChI is InChI=1S/C14H15ClFNS/c1-2-10-6-7-13(18-10)12(17)8-9-4-3-5-11(15)14(9)16/h3-7,12H,2,8,17H2,1H3. The fourth-order valence-corrected chi connectivity index (χ4v) is 2.98. The molecule has 0 aliphatic rings. The second-order valence-corrected chi connectivity index (χ2v) is 5.79. The third-order valence-corrected chi connectivity index (χ3v) is 4.52. The molecule has 0 spiro atoms. The maximum absolute atomic E-state index is 13.8. The second-order valence-electron chi connectivity index (χ2n) is 4.18. The molecule has 0 radical (unpaired) electrons. The first-order valence-corrected chi connectivity index (χ1v) is 7.08. The van der Waals surface area contributed by atoms with Crippen LogP contribution in [0.25, 0.3) is 0 Å². The number of hydrogen-bond donors (Lipinski definition) is 1. The average molecular weight is 284 g/mol. The van der Waals surface area contributed by atoms with Gasteiger partial charge in [-0.3, -0.25) is 0 Å². The van der Waals surface area contributed by atoms with Crippen molar-refractivity contribution in [2.75, 3.05) is 0 Å². The largest absolute Gasteiger partial charge is 0.323 e. The van der Waals surface area contributed by atoms with Crippen LogP contribution in [-0.4, -0.2) is 0 Å². The van der Waals surface area contributed by atoms with Gasteiger partial charge in [0.25, 0.3) is 0 Å². The molecule has 2 N–H and O–H groups in total. The van der Waals surface area contributed by atoms with Crippen molar-refractivity contribution in [3.8, 4) is 0 Å². The maximum atomic E-state index is 13.8. The van der Waals surface area contributed by atoms with Gasteiger partial charge in [-0.1, -0.05) is 30.7 Å². The van der Waals surface area contributed by atoms with Crippen molar-refractivity contribution >= 4 is 22.9 Å². The Balaban J connectivity index is 2.15.